The quantitative estimate of drug-likeness (QED) is 0.544. The molecule has 1 atom stereocenters. The highest BCUT2D eigenvalue weighted by atomic mass is 32.2. The predicted octanol–water partition coefficient (Wildman–Crippen LogP) is 5.01. The first-order chi connectivity index (χ1) is 12.6. The molecular weight excluding hydrogens is 356 g/mol. The second kappa shape index (κ2) is 8.31. The molecular formula is C19H19F2N3OS. The summed E-state index contributed by atoms with van der Waals surface area (Å²) in [4.78, 5) is 0. The van der Waals surface area contributed by atoms with Crippen molar-refractivity contribution in [3.8, 4) is 5.75 Å². The smallest absolute Gasteiger partial charge is 0.191 e. The van der Waals surface area contributed by atoms with Crippen LogP contribution >= 0.6 is 11.8 Å². The van der Waals surface area contributed by atoms with Crippen molar-refractivity contribution >= 4 is 11.8 Å². The van der Waals surface area contributed by atoms with E-state index in [0.29, 0.717) is 23.9 Å². The van der Waals surface area contributed by atoms with Gasteiger partial charge < -0.3 is 9.30 Å². The summed E-state index contributed by atoms with van der Waals surface area (Å²) in [6, 6.07) is 12.3. The highest BCUT2D eigenvalue weighted by Crippen LogP contribution is 2.26. The van der Waals surface area contributed by atoms with Gasteiger partial charge in [-0.1, -0.05) is 23.9 Å². The van der Waals surface area contributed by atoms with Crippen molar-refractivity contribution in [1.29, 1.82) is 0 Å². The van der Waals surface area contributed by atoms with Crippen LogP contribution in [0, 0.1) is 11.6 Å². The zero-order chi connectivity index (χ0) is 18.5. The minimum atomic E-state index is -0.326. The van der Waals surface area contributed by atoms with E-state index in [1.165, 1.54) is 36.0 Å². The Balaban J connectivity index is 1.70. The van der Waals surface area contributed by atoms with Gasteiger partial charge in [0.25, 0.3) is 0 Å². The van der Waals surface area contributed by atoms with E-state index in [0.717, 1.165) is 10.7 Å². The number of hydrogen-bond acceptors (Lipinski definition) is 4. The Kier molecular flexibility index (Phi) is 5.88. The molecule has 0 saturated carbocycles. The zero-order valence-electron chi connectivity index (χ0n) is 14.5. The molecule has 0 N–H and O–H groups in total. The van der Waals surface area contributed by atoms with E-state index in [1.807, 2.05) is 18.4 Å². The van der Waals surface area contributed by atoms with Crippen molar-refractivity contribution in [2.75, 3.05) is 0 Å². The topological polar surface area (TPSA) is 39.9 Å². The SMILES string of the molecule is CCn1c(SCc2ccc(F)cc2)nnc1C(C)Oc1ccc(F)cc1. The molecule has 0 radical (unpaired) electrons. The summed E-state index contributed by atoms with van der Waals surface area (Å²) < 4.78 is 33.8. The number of aromatic nitrogens is 3. The van der Waals surface area contributed by atoms with Gasteiger partial charge in [-0.2, -0.15) is 0 Å². The van der Waals surface area contributed by atoms with Crippen molar-refractivity contribution < 1.29 is 13.5 Å². The van der Waals surface area contributed by atoms with Crippen LogP contribution in [0.4, 0.5) is 8.78 Å². The molecule has 3 aromatic rings. The maximum atomic E-state index is 13.0. The second-order valence-corrected chi connectivity index (χ2v) is 6.66. The maximum absolute atomic E-state index is 13.0. The molecule has 0 aliphatic heterocycles. The molecule has 1 unspecified atom stereocenters. The lowest BCUT2D eigenvalue weighted by atomic mass is 10.2. The Bertz CT molecular complexity index is 850. The highest BCUT2D eigenvalue weighted by molar-refractivity contribution is 7.98. The summed E-state index contributed by atoms with van der Waals surface area (Å²) in [6.07, 6.45) is -0.326. The fourth-order valence-corrected chi connectivity index (χ4v) is 3.47. The van der Waals surface area contributed by atoms with E-state index in [1.54, 1.807) is 24.3 Å². The van der Waals surface area contributed by atoms with Crippen molar-refractivity contribution in [3.63, 3.8) is 0 Å². The van der Waals surface area contributed by atoms with Crippen LogP contribution in [0.5, 0.6) is 5.75 Å². The molecule has 0 amide bonds. The first kappa shape index (κ1) is 18.4. The van der Waals surface area contributed by atoms with Gasteiger partial charge in [-0.15, -0.1) is 10.2 Å². The fraction of sp³-hybridized carbons (Fsp3) is 0.263. The molecule has 0 fully saturated rings. The monoisotopic (exact) mass is 375 g/mol. The van der Waals surface area contributed by atoms with E-state index >= 15 is 0 Å². The van der Waals surface area contributed by atoms with E-state index in [4.69, 9.17) is 4.74 Å². The molecule has 26 heavy (non-hydrogen) atoms. The number of halogens is 2. The van der Waals surface area contributed by atoms with Crippen LogP contribution in [0.25, 0.3) is 0 Å². The maximum Gasteiger partial charge on any atom is 0.191 e. The number of rotatable bonds is 7. The standard InChI is InChI=1S/C19H19F2N3OS/c1-3-24-18(13(2)25-17-10-8-16(21)9-11-17)22-23-19(24)26-12-14-4-6-15(20)7-5-14/h4-11,13H,3,12H2,1-2H3. The third kappa shape index (κ3) is 4.40. The van der Waals surface area contributed by atoms with Crippen LogP contribution in [-0.2, 0) is 12.3 Å². The first-order valence-electron chi connectivity index (χ1n) is 8.29. The second-order valence-electron chi connectivity index (χ2n) is 5.71. The molecule has 0 saturated heterocycles. The van der Waals surface area contributed by atoms with Gasteiger partial charge in [-0.3, -0.25) is 0 Å². The number of nitrogens with zero attached hydrogens (tertiary/aromatic N) is 3. The summed E-state index contributed by atoms with van der Waals surface area (Å²) in [6.45, 7) is 4.60. The number of ether oxygens (including phenoxy) is 1. The summed E-state index contributed by atoms with van der Waals surface area (Å²) >= 11 is 1.54. The van der Waals surface area contributed by atoms with Gasteiger partial charge in [-0.05, 0) is 55.8 Å². The summed E-state index contributed by atoms with van der Waals surface area (Å²) in [7, 11) is 0. The molecule has 0 aliphatic carbocycles. The van der Waals surface area contributed by atoms with E-state index in [2.05, 4.69) is 10.2 Å². The Morgan fingerprint density at radius 2 is 1.62 bits per heavy atom. The van der Waals surface area contributed by atoms with Crippen LogP contribution in [0.1, 0.15) is 31.3 Å². The van der Waals surface area contributed by atoms with Gasteiger partial charge >= 0.3 is 0 Å². The molecule has 3 rings (SSSR count). The molecule has 1 heterocycles. The van der Waals surface area contributed by atoms with Gasteiger partial charge in [0.1, 0.15) is 17.4 Å². The van der Waals surface area contributed by atoms with Gasteiger partial charge in [0.15, 0.2) is 17.1 Å². The van der Waals surface area contributed by atoms with E-state index in [9.17, 15) is 8.78 Å². The van der Waals surface area contributed by atoms with Crippen molar-refractivity contribution in [3.05, 3.63) is 71.6 Å². The molecule has 2 aromatic carbocycles. The molecule has 0 bridgehead atoms. The third-order valence-electron chi connectivity index (χ3n) is 3.83. The van der Waals surface area contributed by atoms with Gasteiger partial charge in [0, 0.05) is 12.3 Å². The van der Waals surface area contributed by atoms with Crippen LogP contribution in [0.2, 0.25) is 0 Å². The Morgan fingerprint density at radius 3 is 2.23 bits per heavy atom. The highest BCUT2D eigenvalue weighted by Gasteiger charge is 2.18. The predicted molar refractivity (Wildman–Crippen MR) is 97.1 cm³/mol. The summed E-state index contributed by atoms with van der Waals surface area (Å²) in [5, 5.41) is 9.30. The lowest BCUT2D eigenvalue weighted by Gasteiger charge is -2.15. The molecule has 7 heteroatoms. The Labute approximate surface area is 155 Å². The van der Waals surface area contributed by atoms with Crippen LogP contribution in [-0.4, -0.2) is 14.8 Å². The van der Waals surface area contributed by atoms with Crippen LogP contribution in [0.3, 0.4) is 0 Å². The molecule has 4 nitrogen and oxygen atoms in total. The third-order valence-corrected chi connectivity index (χ3v) is 4.87. The van der Waals surface area contributed by atoms with Crippen molar-refractivity contribution in [2.24, 2.45) is 0 Å². The van der Waals surface area contributed by atoms with Gasteiger partial charge in [0.05, 0.1) is 0 Å². The Morgan fingerprint density at radius 1 is 1.00 bits per heavy atom. The molecule has 0 spiro atoms. The average Bonchev–Trinajstić information content (AvgIpc) is 3.06. The summed E-state index contributed by atoms with van der Waals surface area (Å²) in [5.41, 5.74) is 1.01. The minimum Gasteiger partial charge on any atom is -0.483 e. The minimum absolute atomic E-state index is 0.246. The number of thioether (sulfide) groups is 1. The van der Waals surface area contributed by atoms with E-state index < -0.39 is 0 Å². The van der Waals surface area contributed by atoms with E-state index in [-0.39, 0.29) is 17.7 Å². The summed E-state index contributed by atoms with van der Waals surface area (Å²) in [5.74, 6) is 1.40. The Hall–Kier alpha value is -2.41. The molecule has 136 valence electrons. The number of benzene rings is 2. The average molecular weight is 375 g/mol. The van der Waals surface area contributed by atoms with Crippen molar-refractivity contribution in [2.45, 2.75) is 37.4 Å². The normalized spacial score (nSPS) is 12.2. The van der Waals surface area contributed by atoms with Crippen LogP contribution < -0.4 is 4.74 Å². The largest absolute Gasteiger partial charge is 0.483 e. The lowest BCUT2D eigenvalue weighted by Crippen LogP contribution is -2.12. The number of hydrogen-bond donors (Lipinski definition) is 0. The van der Waals surface area contributed by atoms with Crippen molar-refractivity contribution in [1.82, 2.24) is 14.8 Å². The first-order valence-corrected chi connectivity index (χ1v) is 9.28. The zero-order valence-corrected chi connectivity index (χ0v) is 15.3. The lowest BCUT2D eigenvalue weighted by molar-refractivity contribution is 0.209. The van der Waals surface area contributed by atoms with Gasteiger partial charge in [0.2, 0.25) is 0 Å². The van der Waals surface area contributed by atoms with Crippen LogP contribution in [0.15, 0.2) is 53.7 Å². The molecule has 0 aliphatic rings. The fourth-order valence-electron chi connectivity index (χ4n) is 2.50. The molecule has 1 aromatic heterocycles. The van der Waals surface area contributed by atoms with Gasteiger partial charge in [-0.25, -0.2) is 8.78 Å².